The Morgan fingerprint density at radius 2 is 1.77 bits per heavy atom. The Balaban J connectivity index is 1.71. The molecule has 0 spiro atoms. The first-order chi connectivity index (χ1) is 12.6. The molecular weight excluding hydrogens is 322 g/mol. The summed E-state index contributed by atoms with van der Waals surface area (Å²) in [5, 5.41) is 6.26. The average molecular weight is 345 g/mol. The minimum absolute atomic E-state index is 0.139. The fraction of sp³-hybridized carbons (Fsp3) is 0.182. The Labute approximate surface area is 154 Å². The van der Waals surface area contributed by atoms with Crippen molar-refractivity contribution in [3.05, 3.63) is 83.0 Å². The Hall–Kier alpha value is -3.14. The number of carbonyl (C=O) groups is 1. The molecule has 1 heterocycles. The van der Waals surface area contributed by atoms with Crippen LogP contribution in [0.1, 0.15) is 34.0 Å². The summed E-state index contributed by atoms with van der Waals surface area (Å²) in [6.45, 7) is 6.21. The molecule has 0 atom stereocenters. The average Bonchev–Trinajstić information content (AvgIpc) is 2.65. The minimum Gasteiger partial charge on any atom is -0.340 e. The summed E-state index contributed by atoms with van der Waals surface area (Å²) in [6, 6.07) is 17.5. The monoisotopic (exact) mass is 345 g/mol. The predicted octanol–water partition coefficient (Wildman–Crippen LogP) is 5.26. The van der Waals surface area contributed by atoms with Gasteiger partial charge in [0.15, 0.2) is 0 Å². The van der Waals surface area contributed by atoms with Crippen molar-refractivity contribution in [2.24, 2.45) is 0 Å². The zero-order valence-corrected chi connectivity index (χ0v) is 15.3. The molecule has 0 aliphatic carbocycles. The third-order valence-electron chi connectivity index (χ3n) is 4.33. The van der Waals surface area contributed by atoms with Gasteiger partial charge in [0.05, 0.1) is 11.9 Å². The standard InChI is InChI=1S/C22H23N3O/c1-4-17-7-5-6-16(3)21(17)25-20-13-12-19(14-23-20)24-22(26)18-10-8-15(2)9-11-18/h5-14H,4H2,1-3H3,(H,23,25)(H,24,26). The summed E-state index contributed by atoms with van der Waals surface area (Å²) in [5.41, 5.74) is 5.96. The molecule has 0 bridgehead atoms. The number of anilines is 3. The molecule has 0 aliphatic rings. The van der Waals surface area contributed by atoms with E-state index in [-0.39, 0.29) is 5.91 Å². The SMILES string of the molecule is CCc1cccc(C)c1Nc1ccc(NC(=O)c2ccc(C)cc2)cn1. The molecule has 0 radical (unpaired) electrons. The van der Waals surface area contributed by atoms with E-state index in [4.69, 9.17) is 0 Å². The summed E-state index contributed by atoms with van der Waals surface area (Å²) in [5.74, 6) is 0.613. The van der Waals surface area contributed by atoms with Crippen LogP contribution in [-0.2, 0) is 6.42 Å². The van der Waals surface area contributed by atoms with E-state index >= 15 is 0 Å². The fourth-order valence-electron chi connectivity index (χ4n) is 2.78. The van der Waals surface area contributed by atoms with Crippen molar-refractivity contribution in [1.29, 1.82) is 0 Å². The lowest BCUT2D eigenvalue weighted by Crippen LogP contribution is -2.12. The molecule has 0 aliphatic heterocycles. The zero-order valence-electron chi connectivity index (χ0n) is 15.3. The first kappa shape index (κ1) is 17.7. The number of para-hydroxylation sites is 1. The maximum Gasteiger partial charge on any atom is 0.255 e. The summed E-state index contributed by atoms with van der Waals surface area (Å²) >= 11 is 0. The smallest absolute Gasteiger partial charge is 0.255 e. The summed E-state index contributed by atoms with van der Waals surface area (Å²) in [6.07, 6.45) is 2.62. The van der Waals surface area contributed by atoms with Crippen molar-refractivity contribution >= 4 is 23.1 Å². The second-order valence-electron chi connectivity index (χ2n) is 6.34. The van der Waals surface area contributed by atoms with Gasteiger partial charge in [-0.1, -0.05) is 42.8 Å². The summed E-state index contributed by atoms with van der Waals surface area (Å²) < 4.78 is 0. The number of nitrogens with zero attached hydrogens (tertiary/aromatic N) is 1. The zero-order chi connectivity index (χ0) is 18.5. The Bertz CT molecular complexity index is 900. The van der Waals surface area contributed by atoms with Gasteiger partial charge in [-0.25, -0.2) is 4.98 Å². The molecule has 132 valence electrons. The van der Waals surface area contributed by atoms with E-state index in [0.29, 0.717) is 11.3 Å². The fourth-order valence-corrected chi connectivity index (χ4v) is 2.78. The molecule has 0 fully saturated rings. The van der Waals surface area contributed by atoms with Crippen LogP contribution in [0.15, 0.2) is 60.8 Å². The molecule has 2 N–H and O–H groups in total. The van der Waals surface area contributed by atoms with Crippen molar-refractivity contribution in [2.45, 2.75) is 27.2 Å². The second-order valence-corrected chi connectivity index (χ2v) is 6.34. The highest BCUT2D eigenvalue weighted by Gasteiger charge is 2.08. The van der Waals surface area contributed by atoms with E-state index in [2.05, 4.69) is 47.7 Å². The number of hydrogen-bond donors (Lipinski definition) is 2. The van der Waals surface area contributed by atoms with Gasteiger partial charge in [0.1, 0.15) is 5.82 Å². The largest absolute Gasteiger partial charge is 0.340 e. The van der Waals surface area contributed by atoms with Crippen LogP contribution >= 0.6 is 0 Å². The highest BCUT2D eigenvalue weighted by atomic mass is 16.1. The molecule has 1 aromatic heterocycles. The molecule has 2 aromatic carbocycles. The van der Waals surface area contributed by atoms with Crippen molar-refractivity contribution in [1.82, 2.24) is 4.98 Å². The van der Waals surface area contributed by atoms with Crippen LogP contribution in [0.25, 0.3) is 0 Å². The molecule has 4 heteroatoms. The van der Waals surface area contributed by atoms with Crippen molar-refractivity contribution < 1.29 is 4.79 Å². The Morgan fingerprint density at radius 1 is 1.00 bits per heavy atom. The van der Waals surface area contributed by atoms with Gasteiger partial charge < -0.3 is 10.6 Å². The van der Waals surface area contributed by atoms with Gasteiger partial charge in [0, 0.05) is 11.3 Å². The highest BCUT2D eigenvalue weighted by molar-refractivity contribution is 6.04. The summed E-state index contributed by atoms with van der Waals surface area (Å²) in [4.78, 5) is 16.7. The first-order valence-electron chi connectivity index (χ1n) is 8.76. The van der Waals surface area contributed by atoms with Crippen molar-refractivity contribution in [2.75, 3.05) is 10.6 Å². The van der Waals surface area contributed by atoms with Crippen LogP contribution in [0.4, 0.5) is 17.2 Å². The van der Waals surface area contributed by atoms with Crippen LogP contribution in [0.2, 0.25) is 0 Å². The first-order valence-corrected chi connectivity index (χ1v) is 8.76. The van der Waals surface area contributed by atoms with Crippen LogP contribution < -0.4 is 10.6 Å². The number of aromatic nitrogens is 1. The lowest BCUT2D eigenvalue weighted by atomic mass is 10.1. The number of carbonyl (C=O) groups excluding carboxylic acids is 1. The van der Waals surface area contributed by atoms with Crippen LogP contribution in [0.5, 0.6) is 0 Å². The van der Waals surface area contributed by atoms with E-state index in [1.165, 1.54) is 11.1 Å². The molecule has 3 aromatic rings. The highest BCUT2D eigenvalue weighted by Crippen LogP contribution is 2.25. The van der Waals surface area contributed by atoms with Crippen LogP contribution in [0.3, 0.4) is 0 Å². The Morgan fingerprint density at radius 3 is 2.42 bits per heavy atom. The number of hydrogen-bond acceptors (Lipinski definition) is 3. The molecule has 3 rings (SSSR count). The molecule has 0 saturated carbocycles. The van der Waals surface area contributed by atoms with Crippen LogP contribution in [0, 0.1) is 13.8 Å². The normalized spacial score (nSPS) is 10.4. The van der Waals surface area contributed by atoms with Crippen LogP contribution in [-0.4, -0.2) is 10.9 Å². The molecule has 4 nitrogen and oxygen atoms in total. The third-order valence-corrected chi connectivity index (χ3v) is 4.33. The maximum atomic E-state index is 12.3. The summed E-state index contributed by atoms with van der Waals surface area (Å²) in [7, 11) is 0. The molecule has 26 heavy (non-hydrogen) atoms. The maximum absolute atomic E-state index is 12.3. The van der Waals surface area contributed by atoms with E-state index < -0.39 is 0 Å². The number of pyridine rings is 1. The topological polar surface area (TPSA) is 54.0 Å². The quantitative estimate of drug-likeness (QED) is 0.663. The number of amides is 1. The second kappa shape index (κ2) is 7.83. The lowest BCUT2D eigenvalue weighted by molar-refractivity contribution is 0.102. The number of nitrogens with one attached hydrogen (secondary N) is 2. The van der Waals surface area contributed by atoms with Gasteiger partial charge in [-0.05, 0) is 55.7 Å². The van der Waals surface area contributed by atoms with Gasteiger partial charge in [-0.15, -0.1) is 0 Å². The van der Waals surface area contributed by atoms with E-state index in [1.807, 2.05) is 43.3 Å². The van der Waals surface area contributed by atoms with Gasteiger partial charge in [0.25, 0.3) is 5.91 Å². The number of benzene rings is 2. The molecule has 1 amide bonds. The van der Waals surface area contributed by atoms with Crippen molar-refractivity contribution in [3.63, 3.8) is 0 Å². The van der Waals surface area contributed by atoms with E-state index in [9.17, 15) is 4.79 Å². The van der Waals surface area contributed by atoms with Gasteiger partial charge in [-0.2, -0.15) is 0 Å². The molecule has 0 saturated heterocycles. The minimum atomic E-state index is -0.139. The van der Waals surface area contributed by atoms with E-state index in [0.717, 1.165) is 23.5 Å². The predicted molar refractivity (Wildman–Crippen MR) is 107 cm³/mol. The number of rotatable bonds is 5. The third kappa shape index (κ3) is 4.09. The molecule has 0 unspecified atom stereocenters. The Kier molecular flexibility index (Phi) is 5.32. The molecular formula is C22H23N3O. The lowest BCUT2D eigenvalue weighted by Gasteiger charge is -2.14. The van der Waals surface area contributed by atoms with Gasteiger partial charge in [-0.3, -0.25) is 4.79 Å². The van der Waals surface area contributed by atoms with Crippen molar-refractivity contribution in [3.8, 4) is 0 Å². The van der Waals surface area contributed by atoms with Gasteiger partial charge in [0.2, 0.25) is 0 Å². The van der Waals surface area contributed by atoms with Gasteiger partial charge >= 0.3 is 0 Å². The number of aryl methyl sites for hydroxylation is 3. The van der Waals surface area contributed by atoms with E-state index in [1.54, 1.807) is 6.20 Å².